The van der Waals surface area contributed by atoms with Crippen LogP contribution in [0.3, 0.4) is 0 Å². The molecule has 1 atom stereocenters. The molecule has 1 N–H and O–H groups in total. The number of hydrogen-bond acceptors (Lipinski definition) is 2. The molecule has 0 radical (unpaired) electrons. The number of hydrogen-bond donors (Lipinski definition) is 1. The minimum absolute atomic E-state index is 0.395. The van der Waals surface area contributed by atoms with Crippen molar-refractivity contribution in [2.24, 2.45) is 16.7 Å². The largest absolute Gasteiger partial charge is 0.493 e. The monoisotopic (exact) mass is 287 g/mol. The normalized spacial score (nSPS) is 24.0. The fraction of sp³-hybridized carbons (Fsp3) is 0.684. The molecule has 2 heteroatoms. The summed E-state index contributed by atoms with van der Waals surface area (Å²) in [4.78, 5) is 0. The van der Waals surface area contributed by atoms with E-state index in [0.717, 1.165) is 31.7 Å². The molecule has 1 aromatic rings. The number of fused-ring (bicyclic) bond motifs is 1. The van der Waals surface area contributed by atoms with Crippen molar-refractivity contribution >= 4 is 0 Å². The van der Waals surface area contributed by atoms with E-state index >= 15 is 0 Å². The van der Waals surface area contributed by atoms with Gasteiger partial charge >= 0.3 is 0 Å². The quantitative estimate of drug-likeness (QED) is 0.889. The highest BCUT2D eigenvalue weighted by Gasteiger charge is 2.67. The summed E-state index contributed by atoms with van der Waals surface area (Å²) in [6.07, 6.45) is 2.29. The van der Waals surface area contributed by atoms with E-state index < -0.39 is 0 Å². The van der Waals surface area contributed by atoms with Gasteiger partial charge < -0.3 is 10.1 Å². The number of rotatable bonds is 4. The van der Waals surface area contributed by atoms with Crippen molar-refractivity contribution in [1.82, 2.24) is 5.32 Å². The molecule has 0 bridgehead atoms. The van der Waals surface area contributed by atoms with Gasteiger partial charge in [-0.25, -0.2) is 0 Å². The predicted octanol–water partition coefficient (Wildman–Crippen LogP) is 4.34. The molecular formula is C19H29NO. The highest BCUT2D eigenvalue weighted by Crippen LogP contribution is 2.72. The van der Waals surface area contributed by atoms with Crippen molar-refractivity contribution in [3.8, 4) is 5.75 Å². The first kappa shape index (κ1) is 14.9. The van der Waals surface area contributed by atoms with E-state index in [2.05, 4.69) is 58.1 Å². The van der Waals surface area contributed by atoms with Crippen molar-refractivity contribution in [2.45, 2.75) is 53.5 Å². The van der Waals surface area contributed by atoms with Gasteiger partial charge in [0.15, 0.2) is 0 Å². The molecule has 1 aliphatic carbocycles. The van der Waals surface area contributed by atoms with E-state index in [1.807, 2.05) is 0 Å². The van der Waals surface area contributed by atoms with Gasteiger partial charge in [0.1, 0.15) is 5.75 Å². The molecule has 1 fully saturated rings. The van der Waals surface area contributed by atoms with E-state index in [1.54, 1.807) is 0 Å². The molecule has 2 nitrogen and oxygen atoms in total. The fourth-order valence-electron chi connectivity index (χ4n) is 4.30. The summed E-state index contributed by atoms with van der Waals surface area (Å²) in [5, 5.41) is 3.74. The Morgan fingerprint density at radius 2 is 1.95 bits per heavy atom. The molecule has 0 amide bonds. The highest BCUT2D eigenvalue weighted by atomic mass is 16.5. The fourth-order valence-corrected chi connectivity index (χ4v) is 4.30. The van der Waals surface area contributed by atoms with Gasteiger partial charge in [0.2, 0.25) is 0 Å². The maximum absolute atomic E-state index is 5.76. The number of ether oxygens (including phenoxy) is 1. The first-order valence-corrected chi connectivity index (χ1v) is 8.38. The topological polar surface area (TPSA) is 21.3 Å². The predicted molar refractivity (Wildman–Crippen MR) is 87.7 cm³/mol. The standard InChI is InChI=1S/C19H29NO/c1-6-20-16(17-18(2,3)19(17,4)5)14-9-10-15-13(12-14)8-7-11-21-15/h9-10,12,16-17,20H,6-8,11H2,1-5H3. The van der Waals surface area contributed by atoms with Crippen LogP contribution in [0.5, 0.6) is 5.75 Å². The van der Waals surface area contributed by atoms with E-state index in [1.165, 1.54) is 11.1 Å². The van der Waals surface area contributed by atoms with E-state index in [9.17, 15) is 0 Å². The molecule has 1 unspecified atom stereocenters. The SMILES string of the molecule is CCNC(c1ccc2c(c1)CCCO2)C1C(C)(C)C1(C)C. The molecule has 21 heavy (non-hydrogen) atoms. The van der Waals surface area contributed by atoms with Crippen LogP contribution in [0.4, 0.5) is 0 Å². The van der Waals surface area contributed by atoms with Crippen LogP contribution in [0.1, 0.15) is 58.2 Å². The smallest absolute Gasteiger partial charge is 0.122 e. The average molecular weight is 287 g/mol. The number of nitrogens with one attached hydrogen (secondary N) is 1. The summed E-state index contributed by atoms with van der Waals surface area (Å²) in [5.41, 5.74) is 3.61. The first-order chi connectivity index (χ1) is 9.89. The molecule has 0 aromatic heterocycles. The summed E-state index contributed by atoms with van der Waals surface area (Å²) < 4.78 is 5.76. The van der Waals surface area contributed by atoms with Gasteiger partial charge in [-0.05, 0) is 53.3 Å². The molecule has 1 heterocycles. The van der Waals surface area contributed by atoms with Crippen molar-refractivity contribution < 1.29 is 4.74 Å². The molecule has 1 aliphatic heterocycles. The Kier molecular flexibility index (Phi) is 3.56. The minimum Gasteiger partial charge on any atom is -0.493 e. The molecule has 3 rings (SSSR count). The minimum atomic E-state index is 0.395. The van der Waals surface area contributed by atoms with E-state index in [0.29, 0.717) is 22.8 Å². The summed E-state index contributed by atoms with van der Waals surface area (Å²) >= 11 is 0. The third-order valence-corrected chi connectivity index (χ3v) is 6.18. The van der Waals surface area contributed by atoms with Gasteiger partial charge in [0.25, 0.3) is 0 Å². The summed E-state index contributed by atoms with van der Waals surface area (Å²) in [6.45, 7) is 13.7. The third kappa shape index (κ3) is 2.28. The Hall–Kier alpha value is -1.02. The lowest BCUT2D eigenvalue weighted by Gasteiger charge is -2.24. The average Bonchev–Trinajstić information content (AvgIpc) is 2.86. The van der Waals surface area contributed by atoms with Crippen LogP contribution in [-0.2, 0) is 6.42 Å². The summed E-state index contributed by atoms with van der Waals surface area (Å²) in [6, 6.07) is 7.28. The van der Waals surface area contributed by atoms with Crippen LogP contribution in [0.25, 0.3) is 0 Å². The van der Waals surface area contributed by atoms with Crippen LogP contribution in [0.2, 0.25) is 0 Å². The van der Waals surface area contributed by atoms with Crippen molar-refractivity contribution in [2.75, 3.05) is 13.2 Å². The van der Waals surface area contributed by atoms with Crippen LogP contribution in [-0.4, -0.2) is 13.2 Å². The Morgan fingerprint density at radius 3 is 2.57 bits per heavy atom. The second-order valence-electron chi connectivity index (χ2n) is 7.78. The lowest BCUT2D eigenvalue weighted by Crippen LogP contribution is -2.25. The van der Waals surface area contributed by atoms with E-state index in [-0.39, 0.29) is 0 Å². The Bertz CT molecular complexity index is 518. The van der Waals surface area contributed by atoms with Gasteiger partial charge in [-0.15, -0.1) is 0 Å². The van der Waals surface area contributed by atoms with Crippen LogP contribution < -0.4 is 10.1 Å². The Labute approximate surface area is 129 Å². The lowest BCUT2D eigenvalue weighted by atomic mass is 9.93. The molecule has 0 spiro atoms. The van der Waals surface area contributed by atoms with Gasteiger partial charge in [-0.3, -0.25) is 0 Å². The molecular weight excluding hydrogens is 258 g/mol. The van der Waals surface area contributed by atoms with Crippen molar-refractivity contribution in [3.05, 3.63) is 29.3 Å². The highest BCUT2D eigenvalue weighted by molar-refractivity contribution is 5.41. The van der Waals surface area contributed by atoms with Crippen molar-refractivity contribution in [3.63, 3.8) is 0 Å². The summed E-state index contributed by atoms with van der Waals surface area (Å²) in [5.74, 6) is 1.78. The first-order valence-electron chi connectivity index (χ1n) is 8.38. The maximum Gasteiger partial charge on any atom is 0.122 e. The van der Waals surface area contributed by atoms with Crippen LogP contribution >= 0.6 is 0 Å². The Balaban J connectivity index is 1.92. The van der Waals surface area contributed by atoms with Crippen LogP contribution in [0.15, 0.2) is 18.2 Å². The zero-order chi connectivity index (χ0) is 15.3. The number of benzene rings is 1. The Morgan fingerprint density at radius 1 is 1.24 bits per heavy atom. The van der Waals surface area contributed by atoms with Gasteiger partial charge in [-0.2, -0.15) is 0 Å². The molecule has 1 aromatic carbocycles. The van der Waals surface area contributed by atoms with E-state index in [4.69, 9.17) is 4.74 Å². The molecule has 0 saturated heterocycles. The van der Waals surface area contributed by atoms with Gasteiger partial charge in [0.05, 0.1) is 6.61 Å². The van der Waals surface area contributed by atoms with Gasteiger partial charge in [0, 0.05) is 6.04 Å². The zero-order valence-electron chi connectivity index (χ0n) is 14.1. The second-order valence-corrected chi connectivity index (χ2v) is 7.78. The van der Waals surface area contributed by atoms with Crippen LogP contribution in [0, 0.1) is 16.7 Å². The van der Waals surface area contributed by atoms with Crippen molar-refractivity contribution in [1.29, 1.82) is 0 Å². The molecule has 1 saturated carbocycles. The second kappa shape index (κ2) is 5.01. The number of aryl methyl sites for hydroxylation is 1. The lowest BCUT2D eigenvalue weighted by molar-refractivity contribution is 0.288. The summed E-state index contributed by atoms with van der Waals surface area (Å²) in [7, 11) is 0. The zero-order valence-corrected chi connectivity index (χ0v) is 14.1. The van der Waals surface area contributed by atoms with Gasteiger partial charge in [-0.1, -0.05) is 46.8 Å². The maximum atomic E-state index is 5.76. The molecule has 116 valence electrons. The molecule has 2 aliphatic rings. The third-order valence-electron chi connectivity index (χ3n) is 6.18.